The van der Waals surface area contributed by atoms with Crippen molar-refractivity contribution in [1.82, 2.24) is 10.6 Å². The molecule has 2 N–H and O–H groups in total. The number of rotatable bonds is 7. The SMILES string of the molecule is O=C(CCS(=O)(=O)c1ccccc1)NCC(=O)NC1CCS(=O)(=O)C1. The van der Waals surface area contributed by atoms with Crippen molar-refractivity contribution in [2.24, 2.45) is 0 Å². The third-order valence-corrected chi connectivity index (χ3v) is 7.24. The number of sulfone groups is 2. The standard InChI is InChI=1S/C15H20N2O6S2/c18-14(7-9-25(22,23)13-4-2-1-3-5-13)16-10-15(19)17-12-6-8-24(20,21)11-12/h1-5,12H,6-11H2,(H,16,18)(H,17,19). The third-order valence-electron chi connectivity index (χ3n) is 3.74. The molecular weight excluding hydrogens is 368 g/mol. The summed E-state index contributed by atoms with van der Waals surface area (Å²) in [6.07, 6.45) is 0.0969. The van der Waals surface area contributed by atoms with E-state index in [2.05, 4.69) is 10.6 Å². The topological polar surface area (TPSA) is 126 Å². The molecule has 1 saturated heterocycles. The molecule has 1 aromatic rings. The molecule has 10 heteroatoms. The Morgan fingerprint density at radius 2 is 1.80 bits per heavy atom. The molecular formula is C15H20N2O6S2. The lowest BCUT2D eigenvalue weighted by atomic mass is 10.2. The first-order valence-corrected chi connectivity index (χ1v) is 11.2. The highest BCUT2D eigenvalue weighted by Crippen LogP contribution is 2.11. The highest BCUT2D eigenvalue weighted by Gasteiger charge is 2.28. The van der Waals surface area contributed by atoms with Gasteiger partial charge in [-0.3, -0.25) is 9.59 Å². The first-order valence-electron chi connectivity index (χ1n) is 7.72. The summed E-state index contributed by atoms with van der Waals surface area (Å²) in [5.74, 6) is -1.47. The van der Waals surface area contributed by atoms with E-state index in [-0.39, 0.29) is 35.1 Å². The Bertz CT molecular complexity index is 834. The normalized spacial score (nSPS) is 19.3. The first-order chi connectivity index (χ1) is 11.7. The maximum Gasteiger partial charge on any atom is 0.239 e. The highest BCUT2D eigenvalue weighted by molar-refractivity contribution is 7.91. The van der Waals surface area contributed by atoms with Crippen LogP contribution in [-0.2, 0) is 29.3 Å². The number of hydrogen-bond acceptors (Lipinski definition) is 6. The summed E-state index contributed by atoms with van der Waals surface area (Å²) in [5.41, 5.74) is 0. The summed E-state index contributed by atoms with van der Waals surface area (Å²) in [6, 6.07) is 7.36. The van der Waals surface area contributed by atoms with Crippen molar-refractivity contribution in [3.8, 4) is 0 Å². The van der Waals surface area contributed by atoms with Gasteiger partial charge in [0.2, 0.25) is 11.8 Å². The maximum absolute atomic E-state index is 12.0. The van der Waals surface area contributed by atoms with Gasteiger partial charge in [-0.1, -0.05) is 18.2 Å². The summed E-state index contributed by atoms with van der Waals surface area (Å²) in [7, 11) is -6.65. The Morgan fingerprint density at radius 1 is 1.12 bits per heavy atom. The van der Waals surface area contributed by atoms with Crippen molar-refractivity contribution in [3.05, 3.63) is 30.3 Å². The zero-order chi connectivity index (χ0) is 18.5. The second-order valence-corrected chi connectivity index (χ2v) is 10.2. The molecule has 0 radical (unpaired) electrons. The molecule has 0 bridgehead atoms. The fourth-order valence-corrected chi connectivity index (χ4v) is 5.36. The molecule has 1 heterocycles. The molecule has 1 aliphatic heterocycles. The number of benzene rings is 1. The molecule has 1 unspecified atom stereocenters. The van der Waals surface area contributed by atoms with Crippen molar-refractivity contribution in [2.45, 2.75) is 23.8 Å². The molecule has 1 fully saturated rings. The van der Waals surface area contributed by atoms with Crippen LogP contribution in [0.2, 0.25) is 0 Å². The molecule has 0 saturated carbocycles. The van der Waals surface area contributed by atoms with Gasteiger partial charge in [-0.2, -0.15) is 0 Å². The third kappa shape index (κ3) is 6.13. The Labute approximate surface area is 146 Å². The summed E-state index contributed by atoms with van der Waals surface area (Å²) in [4.78, 5) is 23.6. The van der Waals surface area contributed by atoms with Crippen LogP contribution < -0.4 is 10.6 Å². The fraction of sp³-hybridized carbons (Fsp3) is 0.467. The smallest absolute Gasteiger partial charge is 0.239 e. The van der Waals surface area contributed by atoms with Gasteiger partial charge in [0.05, 0.1) is 28.7 Å². The van der Waals surface area contributed by atoms with E-state index in [1.165, 1.54) is 12.1 Å². The second-order valence-electron chi connectivity index (χ2n) is 5.83. The fourth-order valence-electron chi connectivity index (χ4n) is 2.43. The molecule has 2 rings (SSSR count). The average molecular weight is 388 g/mol. The summed E-state index contributed by atoms with van der Waals surface area (Å²) in [5, 5.41) is 4.87. The van der Waals surface area contributed by atoms with E-state index in [1.807, 2.05) is 0 Å². The number of carbonyl (C=O) groups is 2. The zero-order valence-electron chi connectivity index (χ0n) is 13.5. The predicted molar refractivity (Wildman–Crippen MR) is 91.3 cm³/mol. The van der Waals surface area contributed by atoms with Gasteiger partial charge in [-0.15, -0.1) is 0 Å². The molecule has 1 aliphatic rings. The van der Waals surface area contributed by atoms with Gasteiger partial charge in [-0.05, 0) is 18.6 Å². The van der Waals surface area contributed by atoms with Crippen LogP contribution in [0.1, 0.15) is 12.8 Å². The Kier molecular flexibility index (Phi) is 6.17. The molecule has 0 spiro atoms. The van der Waals surface area contributed by atoms with Gasteiger partial charge in [0.25, 0.3) is 0 Å². The van der Waals surface area contributed by atoms with Crippen molar-refractivity contribution in [3.63, 3.8) is 0 Å². The largest absolute Gasteiger partial charge is 0.351 e. The van der Waals surface area contributed by atoms with E-state index < -0.39 is 37.5 Å². The molecule has 25 heavy (non-hydrogen) atoms. The minimum absolute atomic E-state index is 0.0433. The van der Waals surface area contributed by atoms with Crippen molar-refractivity contribution >= 4 is 31.5 Å². The Balaban J connectivity index is 1.73. The summed E-state index contributed by atoms with van der Waals surface area (Å²) in [6.45, 7) is -0.319. The van der Waals surface area contributed by atoms with Crippen LogP contribution in [0.15, 0.2) is 35.2 Å². The van der Waals surface area contributed by atoms with Gasteiger partial charge in [0.1, 0.15) is 0 Å². The number of amides is 2. The van der Waals surface area contributed by atoms with Crippen LogP contribution in [0.25, 0.3) is 0 Å². The summed E-state index contributed by atoms with van der Waals surface area (Å²) < 4.78 is 46.7. The monoisotopic (exact) mass is 388 g/mol. The Hall–Kier alpha value is -1.94. The van der Waals surface area contributed by atoms with Crippen molar-refractivity contribution in [1.29, 1.82) is 0 Å². The molecule has 138 valence electrons. The lowest BCUT2D eigenvalue weighted by Gasteiger charge is -2.11. The van der Waals surface area contributed by atoms with E-state index >= 15 is 0 Å². The van der Waals surface area contributed by atoms with Gasteiger partial charge in [0, 0.05) is 12.5 Å². The predicted octanol–water partition coefficient (Wildman–Crippen LogP) is -0.730. The van der Waals surface area contributed by atoms with Gasteiger partial charge in [-0.25, -0.2) is 16.8 Å². The van der Waals surface area contributed by atoms with Gasteiger partial charge < -0.3 is 10.6 Å². The van der Waals surface area contributed by atoms with E-state index in [4.69, 9.17) is 0 Å². The van der Waals surface area contributed by atoms with Crippen molar-refractivity contribution in [2.75, 3.05) is 23.8 Å². The lowest BCUT2D eigenvalue weighted by Crippen LogP contribution is -2.42. The minimum Gasteiger partial charge on any atom is -0.351 e. The number of nitrogens with one attached hydrogen (secondary N) is 2. The molecule has 0 aromatic heterocycles. The van der Waals surface area contributed by atoms with Crippen LogP contribution in [0.3, 0.4) is 0 Å². The lowest BCUT2D eigenvalue weighted by molar-refractivity contribution is -0.126. The van der Waals surface area contributed by atoms with Crippen molar-refractivity contribution < 1.29 is 26.4 Å². The van der Waals surface area contributed by atoms with Crippen LogP contribution >= 0.6 is 0 Å². The van der Waals surface area contributed by atoms with Gasteiger partial charge in [0.15, 0.2) is 19.7 Å². The second kappa shape index (κ2) is 7.96. The van der Waals surface area contributed by atoms with Gasteiger partial charge >= 0.3 is 0 Å². The Morgan fingerprint density at radius 3 is 2.40 bits per heavy atom. The van der Waals surface area contributed by atoms with Crippen LogP contribution in [0.4, 0.5) is 0 Å². The quantitative estimate of drug-likeness (QED) is 0.634. The highest BCUT2D eigenvalue weighted by atomic mass is 32.2. The van der Waals surface area contributed by atoms with Crippen LogP contribution in [0.5, 0.6) is 0 Å². The minimum atomic E-state index is -3.55. The molecule has 8 nitrogen and oxygen atoms in total. The molecule has 1 atom stereocenters. The number of hydrogen-bond donors (Lipinski definition) is 2. The molecule has 0 aliphatic carbocycles. The summed E-state index contributed by atoms with van der Waals surface area (Å²) >= 11 is 0. The zero-order valence-corrected chi connectivity index (χ0v) is 15.1. The average Bonchev–Trinajstić information content (AvgIpc) is 2.90. The van der Waals surface area contributed by atoms with E-state index in [1.54, 1.807) is 18.2 Å². The van der Waals surface area contributed by atoms with Crippen LogP contribution in [0, 0.1) is 0 Å². The van der Waals surface area contributed by atoms with Crippen LogP contribution in [-0.4, -0.2) is 58.5 Å². The maximum atomic E-state index is 12.0. The first kappa shape index (κ1) is 19.4. The van der Waals surface area contributed by atoms with E-state index in [0.717, 1.165) is 0 Å². The molecule has 2 amide bonds. The van der Waals surface area contributed by atoms with E-state index in [9.17, 15) is 26.4 Å². The molecule has 1 aromatic carbocycles. The number of carbonyl (C=O) groups excluding carboxylic acids is 2. The van der Waals surface area contributed by atoms with E-state index in [0.29, 0.717) is 6.42 Å².